The molecule has 3 rings (SSSR count). The van der Waals surface area contributed by atoms with Gasteiger partial charge in [-0.05, 0) is 59.9 Å². The number of nitrogens with one attached hydrogen (secondary N) is 2. The predicted molar refractivity (Wildman–Crippen MR) is 105 cm³/mol. The Morgan fingerprint density at radius 3 is 2.70 bits per heavy atom. The van der Waals surface area contributed by atoms with Crippen LogP contribution in [0.3, 0.4) is 0 Å². The minimum absolute atomic E-state index is 0.0222. The van der Waals surface area contributed by atoms with Crippen molar-refractivity contribution in [3.05, 3.63) is 51.6 Å². The van der Waals surface area contributed by atoms with Gasteiger partial charge in [-0.15, -0.1) is 10.2 Å². The lowest BCUT2D eigenvalue weighted by Crippen LogP contribution is -2.04. The number of benzene rings is 2. The molecule has 5 nitrogen and oxygen atoms in total. The third-order valence-corrected chi connectivity index (χ3v) is 4.36. The average Bonchev–Trinajstić information content (AvgIpc) is 2.85. The highest BCUT2D eigenvalue weighted by Crippen LogP contribution is 2.37. The molecule has 3 N–H and O–H groups in total. The molecule has 2 aromatic carbocycles. The quantitative estimate of drug-likeness (QED) is 0.291. The zero-order chi connectivity index (χ0) is 16.4. The molecule has 0 amide bonds. The molecular weight excluding hydrogens is 423 g/mol. The summed E-state index contributed by atoms with van der Waals surface area (Å²) < 4.78 is 0.997. The van der Waals surface area contributed by atoms with E-state index in [4.69, 9.17) is 12.2 Å². The van der Waals surface area contributed by atoms with E-state index >= 15 is 0 Å². The molecule has 0 aliphatic carbocycles. The number of anilines is 1. The summed E-state index contributed by atoms with van der Waals surface area (Å²) >= 11 is 7.36. The fraction of sp³-hybridized carbons (Fsp3) is 0.0625. The molecule has 0 atom stereocenters. The SMILES string of the molecule is Cc1ccc(NC(=S)N=Nc2c(O)[nH]c3c(I)cccc23)cc1. The number of para-hydroxylation sites is 1. The second-order valence-electron chi connectivity index (χ2n) is 4.98. The summed E-state index contributed by atoms with van der Waals surface area (Å²) in [6.45, 7) is 2.02. The van der Waals surface area contributed by atoms with E-state index in [1.54, 1.807) is 0 Å². The van der Waals surface area contributed by atoms with Crippen molar-refractivity contribution in [3.8, 4) is 5.88 Å². The van der Waals surface area contributed by atoms with E-state index in [0.717, 1.165) is 20.2 Å². The normalized spacial score (nSPS) is 11.2. The third-order valence-electron chi connectivity index (χ3n) is 3.28. The van der Waals surface area contributed by atoms with Crippen molar-refractivity contribution in [1.29, 1.82) is 0 Å². The van der Waals surface area contributed by atoms with Crippen LogP contribution in [0.5, 0.6) is 5.88 Å². The van der Waals surface area contributed by atoms with Gasteiger partial charge >= 0.3 is 0 Å². The van der Waals surface area contributed by atoms with Gasteiger partial charge in [-0.1, -0.05) is 29.8 Å². The van der Waals surface area contributed by atoms with Gasteiger partial charge in [0, 0.05) is 14.6 Å². The topological polar surface area (TPSA) is 72.8 Å². The number of halogens is 1. The molecule has 0 saturated heterocycles. The summed E-state index contributed by atoms with van der Waals surface area (Å²) in [4.78, 5) is 2.91. The molecule has 1 aromatic heterocycles. The van der Waals surface area contributed by atoms with E-state index in [2.05, 4.69) is 43.1 Å². The number of hydrogen-bond donors (Lipinski definition) is 3. The fourth-order valence-electron chi connectivity index (χ4n) is 2.14. The molecule has 116 valence electrons. The lowest BCUT2D eigenvalue weighted by atomic mass is 10.2. The van der Waals surface area contributed by atoms with Crippen LogP contribution in [-0.4, -0.2) is 15.2 Å². The van der Waals surface area contributed by atoms with E-state index in [0.29, 0.717) is 5.69 Å². The number of nitrogens with zero attached hydrogens (tertiary/aromatic N) is 2. The van der Waals surface area contributed by atoms with Crippen LogP contribution < -0.4 is 5.32 Å². The van der Waals surface area contributed by atoms with Crippen LogP contribution in [0, 0.1) is 10.5 Å². The van der Waals surface area contributed by atoms with Gasteiger partial charge in [0.25, 0.3) is 0 Å². The Morgan fingerprint density at radius 1 is 1.22 bits per heavy atom. The summed E-state index contributed by atoms with van der Waals surface area (Å²) in [7, 11) is 0. The predicted octanol–water partition coefficient (Wildman–Crippen LogP) is 5.27. The van der Waals surface area contributed by atoms with Crippen LogP contribution >= 0.6 is 34.8 Å². The van der Waals surface area contributed by atoms with E-state index in [9.17, 15) is 5.11 Å². The standard InChI is InChI=1S/C16H13IN4OS/c1-9-5-7-10(8-6-9)18-16(23)21-20-14-11-3-2-4-12(17)13(11)19-15(14)22/h2-8,19,22H,1H3,(H,18,23). The van der Waals surface area contributed by atoms with Crippen molar-refractivity contribution in [2.24, 2.45) is 10.2 Å². The number of aryl methyl sites for hydroxylation is 1. The van der Waals surface area contributed by atoms with Gasteiger partial charge in [-0.3, -0.25) is 0 Å². The highest BCUT2D eigenvalue weighted by molar-refractivity contribution is 14.1. The van der Waals surface area contributed by atoms with Gasteiger partial charge in [0.1, 0.15) is 0 Å². The summed E-state index contributed by atoms with van der Waals surface area (Å²) in [6.07, 6.45) is 0. The van der Waals surface area contributed by atoms with Gasteiger partial charge in [0.2, 0.25) is 11.0 Å². The van der Waals surface area contributed by atoms with E-state index in [1.165, 1.54) is 5.56 Å². The molecule has 0 unspecified atom stereocenters. The van der Waals surface area contributed by atoms with Crippen LogP contribution in [0.4, 0.5) is 11.4 Å². The van der Waals surface area contributed by atoms with Crippen LogP contribution in [0.25, 0.3) is 10.9 Å². The number of aromatic hydroxyl groups is 1. The molecular formula is C16H13IN4OS. The van der Waals surface area contributed by atoms with Gasteiger partial charge in [0.15, 0.2) is 5.69 Å². The minimum Gasteiger partial charge on any atom is -0.493 e. The summed E-state index contributed by atoms with van der Waals surface area (Å²) in [5, 5.41) is 22.1. The Labute approximate surface area is 152 Å². The first-order valence-electron chi connectivity index (χ1n) is 6.83. The molecule has 0 aliphatic rings. The molecule has 0 fully saturated rings. The first-order valence-corrected chi connectivity index (χ1v) is 8.32. The van der Waals surface area contributed by atoms with Crippen molar-refractivity contribution in [3.63, 3.8) is 0 Å². The number of azo groups is 1. The van der Waals surface area contributed by atoms with Gasteiger partial charge in [-0.25, -0.2) is 0 Å². The minimum atomic E-state index is -0.0222. The monoisotopic (exact) mass is 436 g/mol. The summed E-state index contributed by atoms with van der Waals surface area (Å²) in [6, 6.07) is 13.5. The maximum atomic E-state index is 10.0. The Balaban J connectivity index is 1.82. The highest BCUT2D eigenvalue weighted by Gasteiger charge is 2.12. The Morgan fingerprint density at radius 2 is 1.96 bits per heavy atom. The van der Waals surface area contributed by atoms with Crippen LogP contribution in [0.15, 0.2) is 52.7 Å². The lowest BCUT2D eigenvalue weighted by Gasteiger charge is -2.03. The Hall–Kier alpha value is -2.00. The summed E-state index contributed by atoms with van der Waals surface area (Å²) in [5.41, 5.74) is 3.22. The van der Waals surface area contributed by atoms with Gasteiger partial charge in [-0.2, -0.15) is 0 Å². The van der Waals surface area contributed by atoms with E-state index in [-0.39, 0.29) is 11.0 Å². The number of fused-ring (bicyclic) bond motifs is 1. The number of thiocarbonyl (C=S) groups is 1. The lowest BCUT2D eigenvalue weighted by molar-refractivity contribution is 0.459. The largest absolute Gasteiger partial charge is 0.493 e. The van der Waals surface area contributed by atoms with E-state index < -0.39 is 0 Å². The van der Waals surface area contributed by atoms with Crippen molar-refractivity contribution in [2.75, 3.05) is 5.32 Å². The maximum Gasteiger partial charge on any atom is 0.218 e. The van der Waals surface area contributed by atoms with Crippen LogP contribution in [-0.2, 0) is 0 Å². The molecule has 0 bridgehead atoms. The Kier molecular flexibility index (Phi) is 4.58. The van der Waals surface area contributed by atoms with E-state index in [1.807, 2.05) is 49.4 Å². The second kappa shape index (κ2) is 6.63. The zero-order valence-electron chi connectivity index (χ0n) is 12.2. The molecule has 0 spiro atoms. The first-order chi connectivity index (χ1) is 11.0. The molecule has 0 aliphatic heterocycles. The smallest absolute Gasteiger partial charge is 0.218 e. The number of aromatic amines is 1. The third kappa shape index (κ3) is 3.50. The molecule has 1 heterocycles. The van der Waals surface area contributed by atoms with Crippen molar-refractivity contribution in [1.82, 2.24) is 4.98 Å². The van der Waals surface area contributed by atoms with Gasteiger partial charge < -0.3 is 15.4 Å². The molecule has 7 heteroatoms. The first kappa shape index (κ1) is 15.9. The van der Waals surface area contributed by atoms with Crippen molar-refractivity contribution < 1.29 is 5.11 Å². The van der Waals surface area contributed by atoms with Crippen molar-refractivity contribution >= 4 is 62.2 Å². The highest BCUT2D eigenvalue weighted by atomic mass is 127. The number of hydrogen-bond acceptors (Lipinski definition) is 3. The second-order valence-corrected chi connectivity index (χ2v) is 6.53. The van der Waals surface area contributed by atoms with Crippen LogP contribution in [0.2, 0.25) is 0 Å². The number of rotatable bonds is 2. The average molecular weight is 436 g/mol. The van der Waals surface area contributed by atoms with Gasteiger partial charge in [0.05, 0.1) is 5.52 Å². The number of H-pyrrole nitrogens is 1. The molecule has 0 saturated carbocycles. The molecule has 0 radical (unpaired) electrons. The van der Waals surface area contributed by atoms with Crippen LogP contribution in [0.1, 0.15) is 5.56 Å². The Bertz CT molecular complexity index is 902. The van der Waals surface area contributed by atoms with Crippen molar-refractivity contribution in [2.45, 2.75) is 6.92 Å². The number of aromatic nitrogens is 1. The fourth-order valence-corrected chi connectivity index (χ4v) is 2.93. The molecule has 3 aromatic rings. The maximum absolute atomic E-state index is 10.0. The summed E-state index contributed by atoms with van der Waals surface area (Å²) in [5.74, 6) is -0.0222. The molecule has 23 heavy (non-hydrogen) atoms. The zero-order valence-corrected chi connectivity index (χ0v) is 15.1.